The van der Waals surface area contributed by atoms with Gasteiger partial charge in [0.15, 0.2) is 5.75 Å². The predicted molar refractivity (Wildman–Crippen MR) is 86.0 cm³/mol. The van der Waals surface area contributed by atoms with E-state index in [2.05, 4.69) is 13.2 Å². The van der Waals surface area contributed by atoms with Gasteiger partial charge < -0.3 is 14.5 Å². The van der Waals surface area contributed by atoms with E-state index in [-0.39, 0.29) is 25.0 Å². The summed E-state index contributed by atoms with van der Waals surface area (Å²) in [7, 11) is 0. The summed E-state index contributed by atoms with van der Waals surface area (Å²) in [6.45, 7) is 10.4. The molecule has 0 N–H and O–H groups in total. The number of nitrogens with zero attached hydrogens (tertiary/aromatic N) is 2. The molecule has 116 valence electrons. The number of hydrogen-bond donors (Lipinski definition) is 0. The molecule has 0 unspecified atom stereocenters. The molecule has 0 atom stereocenters. The van der Waals surface area contributed by atoms with Crippen LogP contribution >= 0.6 is 0 Å². The molecule has 1 aliphatic rings. The zero-order valence-electron chi connectivity index (χ0n) is 12.7. The van der Waals surface area contributed by atoms with Crippen LogP contribution in [0, 0.1) is 6.92 Å². The van der Waals surface area contributed by atoms with Gasteiger partial charge in [0, 0.05) is 13.1 Å². The fourth-order valence-corrected chi connectivity index (χ4v) is 2.35. The number of rotatable bonds is 6. The molecule has 0 bridgehead atoms. The zero-order chi connectivity index (χ0) is 16.1. The number of carbonyl (C=O) groups excluding carboxylic acids is 2. The van der Waals surface area contributed by atoms with Crippen LogP contribution in [-0.4, -0.2) is 43.0 Å². The van der Waals surface area contributed by atoms with Crippen LogP contribution in [0.2, 0.25) is 0 Å². The molecule has 1 heterocycles. The van der Waals surface area contributed by atoms with Gasteiger partial charge in [-0.05, 0) is 24.6 Å². The van der Waals surface area contributed by atoms with Gasteiger partial charge in [-0.3, -0.25) is 4.79 Å². The Morgan fingerprint density at radius 3 is 2.68 bits per heavy atom. The number of amides is 1. The number of anilines is 1. The summed E-state index contributed by atoms with van der Waals surface area (Å²) in [5, 5.41) is 0. The molecule has 2 rings (SSSR count). The Morgan fingerprint density at radius 2 is 2.05 bits per heavy atom. The van der Waals surface area contributed by atoms with Crippen LogP contribution in [0.15, 0.2) is 43.5 Å². The van der Waals surface area contributed by atoms with Crippen LogP contribution in [-0.2, 0) is 9.59 Å². The summed E-state index contributed by atoms with van der Waals surface area (Å²) in [6.07, 6.45) is 3.34. The maximum absolute atomic E-state index is 12.4. The van der Waals surface area contributed by atoms with Gasteiger partial charge in [0.05, 0.1) is 12.2 Å². The van der Waals surface area contributed by atoms with E-state index in [0.29, 0.717) is 18.8 Å². The molecular formula is C17H20N2O3. The Labute approximate surface area is 130 Å². The van der Waals surface area contributed by atoms with Gasteiger partial charge in [0.2, 0.25) is 5.91 Å². The minimum atomic E-state index is -0.358. The number of ether oxygens (including phenoxy) is 1. The molecule has 1 aromatic rings. The Morgan fingerprint density at radius 1 is 1.36 bits per heavy atom. The summed E-state index contributed by atoms with van der Waals surface area (Å²) in [5.41, 5.74) is 1.81. The van der Waals surface area contributed by atoms with Crippen molar-refractivity contribution in [2.75, 3.05) is 31.1 Å². The average molecular weight is 300 g/mol. The molecule has 0 fully saturated rings. The summed E-state index contributed by atoms with van der Waals surface area (Å²) in [4.78, 5) is 27.5. The molecule has 5 heteroatoms. The van der Waals surface area contributed by atoms with Crippen molar-refractivity contribution in [3.63, 3.8) is 0 Å². The first-order chi connectivity index (χ1) is 10.5. The number of benzene rings is 1. The van der Waals surface area contributed by atoms with Crippen LogP contribution in [0.1, 0.15) is 5.56 Å². The first-order valence-corrected chi connectivity index (χ1v) is 7.11. The van der Waals surface area contributed by atoms with Crippen molar-refractivity contribution >= 4 is 17.6 Å². The van der Waals surface area contributed by atoms with Gasteiger partial charge in [-0.15, -0.1) is 13.2 Å². The van der Waals surface area contributed by atoms with E-state index in [1.165, 1.54) is 0 Å². The summed E-state index contributed by atoms with van der Waals surface area (Å²) >= 11 is 0. The van der Waals surface area contributed by atoms with Crippen LogP contribution in [0.25, 0.3) is 0 Å². The lowest BCUT2D eigenvalue weighted by molar-refractivity contribution is -0.133. The van der Waals surface area contributed by atoms with Crippen LogP contribution in [0.3, 0.4) is 0 Å². The molecule has 22 heavy (non-hydrogen) atoms. The van der Waals surface area contributed by atoms with Crippen LogP contribution in [0.5, 0.6) is 5.75 Å². The lowest BCUT2D eigenvalue weighted by Crippen LogP contribution is -2.45. The highest BCUT2D eigenvalue weighted by molar-refractivity contribution is 5.89. The molecule has 1 amide bonds. The van der Waals surface area contributed by atoms with Gasteiger partial charge in [-0.1, -0.05) is 18.2 Å². The van der Waals surface area contributed by atoms with Crippen molar-refractivity contribution in [3.05, 3.63) is 49.1 Å². The van der Waals surface area contributed by atoms with Gasteiger partial charge in [0.1, 0.15) is 6.54 Å². The second-order valence-electron chi connectivity index (χ2n) is 5.18. The van der Waals surface area contributed by atoms with Crippen molar-refractivity contribution in [2.24, 2.45) is 0 Å². The minimum absolute atomic E-state index is 0.0677. The molecule has 1 aromatic carbocycles. The van der Waals surface area contributed by atoms with Crippen molar-refractivity contribution < 1.29 is 14.3 Å². The number of hydrogen-bond acceptors (Lipinski definition) is 4. The number of carbonyl (C=O) groups is 2. The number of esters is 1. The largest absolute Gasteiger partial charge is 0.423 e. The molecule has 0 saturated heterocycles. The predicted octanol–water partition coefficient (Wildman–Crippen LogP) is 1.92. The standard InChI is InChI=1S/C17H20N2O3/c1-4-8-18(9-5-2)16(20)11-19-12-17(21)22-15-7-6-13(3)10-14(15)19/h4-7,10H,1-2,8-9,11-12H2,3H3. The van der Waals surface area contributed by atoms with Crippen molar-refractivity contribution in [2.45, 2.75) is 6.92 Å². The van der Waals surface area contributed by atoms with Crippen LogP contribution in [0.4, 0.5) is 5.69 Å². The minimum Gasteiger partial charge on any atom is -0.423 e. The lowest BCUT2D eigenvalue weighted by Gasteiger charge is -2.31. The van der Waals surface area contributed by atoms with Gasteiger partial charge in [-0.2, -0.15) is 0 Å². The average Bonchev–Trinajstić information content (AvgIpc) is 2.47. The summed E-state index contributed by atoms with van der Waals surface area (Å²) in [5.74, 6) is 0.0544. The van der Waals surface area contributed by atoms with E-state index in [1.54, 1.807) is 28.0 Å². The third-order valence-electron chi connectivity index (χ3n) is 3.38. The topological polar surface area (TPSA) is 49.9 Å². The first kappa shape index (κ1) is 15.8. The molecule has 1 aliphatic heterocycles. The summed E-state index contributed by atoms with van der Waals surface area (Å²) < 4.78 is 5.22. The van der Waals surface area contributed by atoms with E-state index < -0.39 is 0 Å². The second kappa shape index (κ2) is 6.93. The molecule has 0 radical (unpaired) electrons. The van der Waals surface area contributed by atoms with Crippen molar-refractivity contribution in [3.8, 4) is 5.75 Å². The first-order valence-electron chi connectivity index (χ1n) is 7.11. The van der Waals surface area contributed by atoms with E-state index in [0.717, 1.165) is 11.3 Å². The molecular weight excluding hydrogens is 280 g/mol. The van der Waals surface area contributed by atoms with Gasteiger partial charge >= 0.3 is 5.97 Å². The quantitative estimate of drug-likeness (QED) is 0.457. The molecule has 0 aliphatic carbocycles. The van der Waals surface area contributed by atoms with E-state index in [9.17, 15) is 9.59 Å². The normalized spacial score (nSPS) is 13.1. The smallest absolute Gasteiger partial charge is 0.331 e. The zero-order valence-corrected chi connectivity index (χ0v) is 12.7. The van der Waals surface area contributed by atoms with Crippen molar-refractivity contribution in [1.29, 1.82) is 0 Å². The molecule has 0 spiro atoms. The fourth-order valence-electron chi connectivity index (χ4n) is 2.35. The Kier molecular flexibility index (Phi) is 4.99. The third kappa shape index (κ3) is 3.55. The molecule has 0 saturated carbocycles. The maximum atomic E-state index is 12.4. The van der Waals surface area contributed by atoms with Crippen molar-refractivity contribution in [1.82, 2.24) is 4.90 Å². The number of aryl methyl sites for hydroxylation is 1. The summed E-state index contributed by atoms with van der Waals surface area (Å²) in [6, 6.07) is 5.55. The fraction of sp³-hybridized carbons (Fsp3) is 0.294. The lowest BCUT2D eigenvalue weighted by atomic mass is 10.1. The maximum Gasteiger partial charge on any atom is 0.331 e. The van der Waals surface area contributed by atoms with E-state index >= 15 is 0 Å². The Balaban J connectivity index is 2.20. The SMILES string of the molecule is C=CCN(CC=C)C(=O)CN1CC(=O)Oc2ccc(C)cc21. The van der Waals surface area contributed by atoms with E-state index in [1.807, 2.05) is 19.1 Å². The van der Waals surface area contributed by atoms with Gasteiger partial charge in [0.25, 0.3) is 0 Å². The number of fused-ring (bicyclic) bond motifs is 1. The second-order valence-corrected chi connectivity index (χ2v) is 5.18. The third-order valence-corrected chi connectivity index (χ3v) is 3.38. The Hall–Kier alpha value is -2.56. The highest BCUT2D eigenvalue weighted by atomic mass is 16.5. The van der Waals surface area contributed by atoms with Gasteiger partial charge in [-0.25, -0.2) is 4.79 Å². The van der Waals surface area contributed by atoms with Crippen LogP contribution < -0.4 is 9.64 Å². The highest BCUT2D eigenvalue weighted by Gasteiger charge is 2.26. The highest BCUT2D eigenvalue weighted by Crippen LogP contribution is 2.32. The molecule has 5 nitrogen and oxygen atoms in total. The van der Waals surface area contributed by atoms with E-state index in [4.69, 9.17) is 4.74 Å². The molecule has 0 aromatic heterocycles. The monoisotopic (exact) mass is 300 g/mol. The Bertz CT molecular complexity index is 600.